The van der Waals surface area contributed by atoms with Gasteiger partial charge in [0.1, 0.15) is 11.2 Å². The molecule has 0 aliphatic carbocycles. The van der Waals surface area contributed by atoms with E-state index in [0.29, 0.717) is 5.03 Å². The summed E-state index contributed by atoms with van der Waals surface area (Å²) in [5, 5.41) is 9.80. The van der Waals surface area contributed by atoms with E-state index in [1.807, 2.05) is 6.26 Å². The maximum Gasteiger partial charge on any atom is 0.364 e. The molecule has 0 bridgehead atoms. The molecule has 0 spiro atoms. The smallest absolute Gasteiger partial charge is 0.267 e. The van der Waals surface area contributed by atoms with Crippen LogP contribution in [-0.4, -0.2) is 35.8 Å². The van der Waals surface area contributed by atoms with Gasteiger partial charge in [0.25, 0.3) is 5.56 Å². The predicted octanol–water partition coefficient (Wildman–Crippen LogP) is -1.63. The summed E-state index contributed by atoms with van der Waals surface area (Å²) in [5.74, 6) is 0. The Morgan fingerprint density at radius 3 is 2.37 bits per heavy atom. The molecule has 0 amide bonds. The molecule has 19 heavy (non-hydrogen) atoms. The number of nitrogens with one attached hydrogen (secondary N) is 1. The van der Waals surface area contributed by atoms with Crippen molar-refractivity contribution in [3.63, 3.8) is 0 Å². The maximum absolute atomic E-state index is 10.8. The highest BCUT2D eigenvalue weighted by Gasteiger charge is 1.94. The standard InChI is InChI=1S/C5H7N3OS.C4H5N3O2/c1-8-5(9)7-4(10-2)3-6-8;1-7-3(8)2-5-6-4(7)9/h3H,1-2H3;2H,1H3,(H,6,9). The molecule has 9 nitrogen and oxygen atoms in total. The minimum absolute atomic E-state index is 0.313. The van der Waals surface area contributed by atoms with Crippen molar-refractivity contribution in [1.82, 2.24) is 29.5 Å². The molecule has 1 N–H and O–H groups in total. The molecule has 2 aromatic heterocycles. The SMILES string of the molecule is CSc1cnn(C)c(=O)n1.Cn1c(=O)cn[nH]c1=O. The molecule has 0 aromatic carbocycles. The van der Waals surface area contributed by atoms with Crippen LogP contribution in [0.1, 0.15) is 0 Å². The van der Waals surface area contributed by atoms with E-state index in [-0.39, 0.29) is 5.69 Å². The maximum atomic E-state index is 10.8. The van der Waals surface area contributed by atoms with Crippen molar-refractivity contribution in [2.24, 2.45) is 14.1 Å². The van der Waals surface area contributed by atoms with E-state index in [0.717, 1.165) is 10.8 Å². The van der Waals surface area contributed by atoms with Gasteiger partial charge in [0, 0.05) is 14.1 Å². The number of H-pyrrole nitrogens is 1. The lowest BCUT2D eigenvalue weighted by atomic mass is 10.8. The molecule has 2 aromatic rings. The van der Waals surface area contributed by atoms with Crippen LogP contribution >= 0.6 is 11.8 Å². The third-order valence-electron chi connectivity index (χ3n) is 2.00. The summed E-state index contributed by atoms with van der Waals surface area (Å²) in [5.41, 5.74) is -1.21. The first-order valence-corrected chi connectivity index (χ1v) is 6.23. The average molecular weight is 284 g/mol. The van der Waals surface area contributed by atoms with E-state index in [1.54, 1.807) is 13.2 Å². The second kappa shape index (κ2) is 6.64. The Hall–Kier alpha value is -2.23. The number of rotatable bonds is 1. The number of nitrogens with zero attached hydrogens (tertiary/aromatic N) is 5. The van der Waals surface area contributed by atoms with Crippen LogP contribution in [0.15, 0.2) is 31.8 Å². The molecule has 0 radical (unpaired) electrons. The molecular weight excluding hydrogens is 272 g/mol. The molecule has 2 rings (SSSR count). The van der Waals surface area contributed by atoms with E-state index in [1.165, 1.54) is 23.5 Å². The van der Waals surface area contributed by atoms with Crippen molar-refractivity contribution in [3.8, 4) is 0 Å². The van der Waals surface area contributed by atoms with Gasteiger partial charge in [-0.15, -0.1) is 11.8 Å². The van der Waals surface area contributed by atoms with Crippen molar-refractivity contribution < 1.29 is 0 Å². The predicted molar refractivity (Wildman–Crippen MR) is 69.2 cm³/mol. The lowest BCUT2D eigenvalue weighted by Crippen LogP contribution is -2.32. The van der Waals surface area contributed by atoms with E-state index in [9.17, 15) is 14.4 Å². The molecule has 0 unspecified atom stereocenters. The zero-order chi connectivity index (χ0) is 14.4. The summed E-state index contributed by atoms with van der Waals surface area (Å²) in [6.45, 7) is 0. The van der Waals surface area contributed by atoms with Crippen LogP contribution in [-0.2, 0) is 14.1 Å². The van der Waals surface area contributed by atoms with Gasteiger partial charge >= 0.3 is 11.4 Å². The van der Waals surface area contributed by atoms with Crippen molar-refractivity contribution in [2.45, 2.75) is 5.03 Å². The molecule has 0 atom stereocenters. The summed E-state index contributed by atoms with van der Waals surface area (Å²) < 4.78 is 2.13. The lowest BCUT2D eigenvalue weighted by molar-refractivity contribution is 0.652. The molecule has 10 heteroatoms. The third-order valence-corrected chi connectivity index (χ3v) is 2.62. The summed E-state index contributed by atoms with van der Waals surface area (Å²) in [6, 6.07) is 0. The van der Waals surface area contributed by atoms with Crippen molar-refractivity contribution >= 4 is 11.8 Å². The van der Waals surface area contributed by atoms with Crippen molar-refractivity contribution in [1.29, 1.82) is 0 Å². The summed E-state index contributed by atoms with van der Waals surface area (Å²) >= 11 is 1.40. The number of aromatic nitrogens is 6. The Kier molecular flexibility index (Phi) is 5.18. The highest BCUT2D eigenvalue weighted by molar-refractivity contribution is 7.98. The number of hydrogen-bond acceptors (Lipinski definition) is 7. The van der Waals surface area contributed by atoms with Crippen LogP contribution in [0.4, 0.5) is 0 Å². The van der Waals surface area contributed by atoms with Crippen molar-refractivity contribution in [3.05, 3.63) is 43.7 Å². The normalized spacial score (nSPS) is 9.63. The van der Waals surface area contributed by atoms with Crippen molar-refractivity contribution in [2.75, 3.05) is 6.26 Å². The minimum Gasteiger partial charge on any atom is -0.267 e. The number of aryl methyl sites for hydroxylation is 1. The van der Waals surface area contributed by atoms with E-state index in [2.05, 4.69) is 20.3 Å². The van der Waals surface area contributed by atoms with Crippen LogP contribution in [0.3, 0.4) is 0 Å². The summed E-state index contributed by atoms with van der Waals surface area (Å²) in [4.78, 5) is 35.5. The topological polar surface area (TPSA) is 116 Å². The average Bonchev–Trinajstić information content (AvgIpc) is 2.40. The fourth-order valence-corrected chi connectivity index (χ4v) is 1.21. The Morgan fingerprint density at radius 1 is 1.21 bits per heavy atom. The van der Waals surface area contributed by atoms with E-state index in [4.69, 9.17) is 0 Å². The van der Waals surface area contributed by atoms with Gasteiger partial charge in [-0.3, -0.25) is 9.36 Å². The molecule has 0 fully saturated rings. The molecule has 0 aliphatic heterocycles. The molecule has 0 saturated carbocycles. The van der Waals surface area contributed by atoms with E-state index < -0.39 is 11.2 Å². The van der Waals surface area contributed by atoms with Crippen LogP contribution in [0.5, 0.6) is 0 Å². The van der Waals surface area contributed by atoms with Gasteiger partial charge in [-0.05, 0) is 6.26 Å². The van der Waals surface area contributed by atoms with Gasteiger partial charge in [0.2, 0.25) is 0 Å². The number of thioether (sulfide) groups is 1. The highest BCUT2D eigenvalue weighted by Crippen LogP contribution is 2.04. The zero-order valence-electron chi connectivity index (χ0n) is 10.5. The summed E-state index contributed by atoms with van der Waals surface area (Å²) in [6.07, 6.45) is 4.46. The van der Waals surface area contributed by atoms with Crippen LogP contribution in [0, 0.1) is 0 Å². The Morgan fingerprint density at radius 2 is 1.89 bits per heavy atom. The third kappa shape index (κ3) is 4.17. The first-order chi connectivity index (χ1) is 8.95. The van der Waals surface area contributed by atoms with Gasteiger partial charge < -0.3 is 0 Å². The number of hydrogen-bond donors (Lipinski definition) is 1. The Balaban J connectivity index is 0.000000191. The quantitative estimate of drug-likeness (QED) is 0.625. The fourth-order valence-electron chi connectivity index (χ4n) is 0.884. The second-order valence-electron chi connectivity index (χ2n) is 3.28. The Labute approximate surface area is 111 Å². The second-order valence-corrected chi connectivity index (χ2v) is 4.10. The highest BCUT2D eigenvalue weighted by atomic mass is 32.2. The first-order valence-electron chi connectivity index (χ1n) is 5.00. The molecule has 0 saturated heterocycles. The van der Waals surface area contributed by atoms with Gasteiger partial charge in [0.15, 0.2) is 0 Å². The fraction of sp³-hybridized carbons (Fsp3) is 0.333. The lowest BCUT2D eigenvalue weighted by Gasteiger charge is -1.94. The van der Waals surface area contributed by atoms with Gasteiger partial charge in [0.05, 0.1) is 6.20 Å². The Bertz CT molecular complexity index is 690. The van der Waals surface area contributed by atoms with Crippen LogP contribution < -0.4 is 16.9 Å². The zero-order valence-corrected chi connectivity index (χ0v) is 11.3. The first kappa shape index (κ1) is 14.8. The minimum atomic E-state index is -0.498. The molecular formula is C9H12N6O3S. The largest absolute Gasteiger partial charge is 0.364 e. The van der Waals surface area contributed by atoms with Crippen LogP contribution in [0.2, 0.25) is 0 Å². The number of aromatic amines is 1. The van der Waals surface area contributed by atoms with Gasteiger partial charge in [-0.25, -0.2) is 19.4 Å². The molecule has 102 valence electrons. The molecule has 0 aliphatic rings. The van der Waals surface area contributed by atoms with Gasteiger partial charge in [-0.2, -0.15) is 15.2 Å². The monoisotopic (exact) mass is 284 g/mol. The van der Waals surface area contributed by atoms with Gasteiger partial charge in [-0.1, -0.05) is 0 Å². The molecule has 2 heterocycles. The summed E-state index contributed by atoms with van der Waals surface area (Å²) in [7, 11) is 2.95. The van der Waals surface area contributed by atoms with Crippen LogP contribution in [0.25, 0.3) is 0 Å². The van der Waals surface area contributed by atoms with E-state index >= 15 is 0 Å².